The highest BCUT2D eigenvalue weighted by atomic mass is 16.5. The quantitative estimate of drug-likeness (QED) is 0.846. The summed E-state index contributed by atoms with van der Waals surface area (Å²) in [7, 11) is 1.77. The van der Waals surface area contributed by atoms with E-state index in [4.69, 9.17) is 4.74 Å². The molecular weight excluding hydrogens is 234 g/mol. The van der Waals surface area contributed by atoms with E-state index in [0.717, 1.165) is 36.5 Å². The first-order valence-corrected chi connectivity index (χ1v) is 7.70. The fourth-order valence-corrected chi connectivity index (χ4v) is 4.19. The lowest BCUT2D eigenvalue weighted by Crippen LogP contribution is -2.34. The van der Waals surface area contributed by atoms with E-state index in [1.807, 2.05) is 0 Å². The van der Waals surface area contributed by atoms with Crippen LogP contribution in [0.3, 0.4) is 0 Å². The zero-order chi connectivity index (χ0) is 13.2. The van der Waals surface area contributed by atoms with Gasteiger partial charge in [0.05, 0.1) is 7.11 Å². The average Bonchev–Trinajstić information content (AvgIpc) is 2.91. The Balaban J connectivity index is 1.71. The van der Waals surface area contributed by atoms with Gasteiger partial charge in [-0.05, 0) is 55.2 Å². The monoisotopic (exact) mass is 259 g/mol. The third-order valence-electron chi connectivity index (χ3n) is 5.04. The SMILES string of the molecule is CCNC(Cc1ccccc1OC)C1C2CCCC21. The van der Waals surface area contributed by atoms with Crippen LogP contribution in [0.4, 0.5) is 0 Å². The van der Waals surface area contributed by atoms with Crippen molar-refractivity contribution in [1.82, 2.24) is 5.32 Å². The van der Waals surface area contributed by atoms with E-state index in [-0.39, 0.29) is 0 Å². The second-order valence-corrected chi connectivity index (χ2v) is 6.02. The van der Waals surface area contributed by atoms with E-state index in [1.54, 1.807) is 7.11 Å². The number of methoxy groups -OCH3 is 1. The van der Waals surface area contributed by atoms with Crippen molar-refractivity contribution >= 4 is 0 Å². The van der Waals surface area contributed by atoms with Gasteiger partial charge in [-0.3, -0.25) is 0 Å². The van der Waals surface area contributed by atoms with Gasteiger partial charge >= 0.3 is 0 Å². The Morgan fingerprint density at radius 3 is 2.68 bits per heavy atom. The zero-order valence-corrected chi connectivity index (χ0v) is 12.1. The molecule has 0 heterocycles. The van der Waals surface area contributed by atoms with Gasteiger partial charge in [0, 0.05) is 6.04 Å². The Morgan fingerprint density at radius 1 is 1.26 bits per heavy atom. The molecule has 0 saturated heterocycles. The molecule has 0 bridgehead atoms. The minimum absolute atomic E-state index is 0.636. The van der Waals surface area contributed by atoms with Crippen LogP contribution in [-0.4, -0.2) is 19.7 Å². The molecule has 2 heteroatoms. The molecular formula is C17H25NO. The molecule has 2 aliphatic carbocycles. The van der Waals surface area contributed by atoms with E-state index in [2.05, 4.69) is 36.5 Å². The summed E-state index contributed by atoms with van der Waals surface area (Å²) in [4.78, 5) is 0. The van der Waals surface area contributed by atoms with E-state index in [0.29, 0.717) is 6.04 Å². The molecule has 3 unspecified atom stereocenters. The van der Waals surface area contributed by atoms with Gasteiger partial charge in [-0.2, -0.15) is 0 Å². The molecule has 2 nitrogen and oxygen atoms in total. The van der Waals surface area contributed by atoms with Crippen molar-refractivity contribution in [3.05, 3.63) is 29.8 Å². The summed E-state index contributed by atoms with van der Waals surface area (Å²) in [6.07, 6.45) is 5.49. The molecule has 1 N–H and O–H groups in total. The Hall–Kier alpha value is -1.02. The maximum Gasteiger partial charge on any atom is 0.122 e. The molecule has 3 atom stereocenters. The molecule has 0 aromatic heterocycles. The summed E-state index contributed by atoms with van der Waals surface area (Å²) in [6.45, 7) is 3.28. The number of para-hydroxylation sites is 1. The lowest BCUT2D eigenvalue weighted by molar-refractivity contribution is 0.387. The Bertz CT molecular complexity index is 421. The third kappa shape index (κ3) is 2.51. The Morgan fingerprint density at radius 2 is 2.00 bits per heavy atom. The van der Waals surface area contributed by atoms with Gasteiger partial charge in [0.2, 0.25) is 0 Å². The highest BCUT2D eigenvalue weighted by Gasteiger charge is 2.55. The van der Waals surface area contributed by atoms with Crippen molar-refractivity contribution in [2.24, 2.45) is 17.8 Å². The minimum atomic E-state index is 0.636. The van der Waals surface area contributed by atoms with Crippen LogP contribution in [0.2, 0.25) is 0 Å². The fourth-order valence-electron chi connectivity index (χ4n) is 4.19. The third-order valence-corrected chi connectivity index (χ3v) is 5.04. The number of ether oxygens (including phenoxy) is 1. The maximum atomic E-state index is 5.49. The highest BCUT2D eigenvalue weighted by Crippen LogP contribution is 2.59. The number of likely N-dealkylation sites (N-methyl/N-ethyl adjacent to an activating group) is 1. The second kappa shape index (κ2) is 5.54. The van der Waals surface area contributed by atoms with Gasteiger partial charge in [-0.15, -0.1) is 0 Å². The number of hydrogen-bond donors (Lipinski definition) is 1. The van der Waals surface area contributed by atoms with Crippen molar-refractivity contribution < 1.29 is 4.74 Å². The predicted octanol–water partition coefficient (Wildman–Crippen LogP) is 3.26. The molecule has 0 radical (unpaired) electrons. The van der Waals surface area contributed by atoms with Gasteiger partial charge < -0.3 is 10.1 Å². The largest absolute Gasteiger partial charge is 0.496 e. The summed E-state index contributed by atoms with van der Waals surface area (Å²) in [5.74, 6) is 3.98. The number of fused-ring (bicyclic) bond motifs is 1. The summed E-state index contributed by atoms with van der Waals surface area (Å²) in [5.41, 5.74) is 1.35. The van der Waals surface area contributed by atoms with Crippen LogP contribution in [0.1, 0.15) is 31.7 Å². The van der Waals surface area contributed by atoms with Crippen LogP contribution >= 0.6 is 0 Å². The number of nitrogens with one attached hydrogen (secondary N) is 1. The van der Waals surface area contributed by atoms with Crippen molar-refractivity contribution in [3.8, 4) is 5.75 Å². The molecule has 2 fully saturated rings. The molecule has 1 aromatic rings. The first-order chi connectivity index (χ1) is 9.35. The van der Waals surface area contributed by atoms with E-state index < -0.39 is 0 Å². The topological polar surface area (TPSA) is 21.3 Å². The Kier molecular flexibility index (Phi) is 3.79. The number of hydrogen-bond acceptors (Lipinski definition) is 2. The molecule has 104 valence electrons. The first kappa shape index (κ1) is 13.0. The van der Waals surface area contributed by atoms with Crippen molar-refractivity contribution in [1.29, 1.82) is 0 Å². The van der Waals surface area contributed by atoms with Crippen molar-refractivity contribution in [2.75, 3.05) is 13.7 Å². The van der Waals surface area contributed by atoms with Gasteiger partial charge in [0.15, 0.2) is 0 Å². The van der Waals surface area contributed by atoms with E-state index >= 15 is 0 Å². The van der Waals surface area contributed by atoms with Crippen LogP contribution in [0.15, 0.2) is 24.3 Å². The molecule has 1 aromatic carbocycles. The summed E-state index contributed by atoms with van der Waals surface area (Å²) < 4.78 is 5.49. The molecule has 0 spiro atoms. The molecule has 3 rings (SSSR count). The number of benzene rings is 1. The summed E-state index contributed by atoms with van der Waals surface area (Å²) >= 11 is 0. The van der Waals surface area contributed by atoms with Gasteiger partial charge in [0.25, 0.3) is 0 Å². The molecule has 0 amide bonds. The van der Waals surface area contributed by atoms with Crippen molar-refractivity contribution in [3.63, 3.8) is 0 Å². The van der Waals surface area contributed by atoms with Crippen molar-refractivity contribution in [2.45, 2.75) is 38.6 Å². The average molecular weight is 259 g/mol. The lowest BCUT2D eigenvalue weighted by Gasteiger charge is -2.21. The highest BCUT2D eigenvalue weighted by molar-refractivity contribution is 5.34. The van der Waals surface area contributed by atoms with Gasteiger partial charge in [-0.25, -0.2) is 0 Å². The molecule has 0 aliphatic heterocycles. The van der Waals surface area contributed by atoms with Gasteiger partial charge in [-0.1, -0.05) is 31.5 Å². The molecule has 2 saturated carbocycles. The van der Waals surface area contributed by atoms with Crippen LogP contribution in [0.25, 0.3) is 0 Å². The summed E-state index contributed by atoms with van der Waals surface area (Å²) in [6, 6.07) is 9.09. The normalized spacial score (nSPS) is 29.9. The van der Waals surface area contributed by atoms with Crippen LogP contribution in [0, 0.1) is 17.8 Å². The Labute approximate surface area is 116 Å². The lowest BCUT2D eigenvalue weighted by atomic mass is 9.96. The fraction of sp³-hybridized carbons (Fsp3) is 0.647. The van der Waals surface area contributed by atoms with Gasteiger partial charge in [0.1, 0.15) is 5.75 Å². The summed E-state index contributed by atoms with van der Waals surface area (Å²) in [5, 5.41) is 3.72. The van der Waals surface area contributed by atoms with Crippen LogP contribution < -0.4 is 10.1 Å². The first-order valence-electron chi connectivity index (χ1n) is 7.70. The van der Waals surface area contributed by atoms with Crippen LogP contribution in [0.5, 0.6) is 5.75 Å². The van der Waals surface area contributed by atoms with E-state index in [1.165, 1.54) is 24.8 Å². The van der Waals surface area contributed by atoms with Crippen LogP contribution in [-0.2, 0) is 6.42 Å². The van der Waals surface area contributed by atoms with E-state index in [9.17, 15) is 0 Å². The minimum Gasteiger partial charge on any atom is -0.496 e. The maximum absolute atomic E-state index is 5.49. The zero-order valence-electron chi connectivity index (χ0n) is 12.1. The smallest absolute Gasteiger partial charge is 0.122 e. The molecule has 19 heavy (non-hydrogen) atoms. The molecule has 2 aliphatic rings. The number of rotatable bonds is 6. The second-order valence-electron chi connectivity index (χ2n) is 6.02. The standard InChI is InChI=1S/C17H25NO/c1-3-18-15(17-13-8-6-9-14(13)17)11-12-7-4-5-10-16(12)19-2/h4-5,7,10,13-15,17-18H,3,6,8-9,11H2,1-2H3. The predicted molar refractivity (Wildman–Crippen MR) is 78.5 cm³/mol.